The molecule has 16 heavy (non-hydrogen) atoms. The Morgan fingerprint density at radius 2 is 2.00 bits per heavy atom. The first kappa shape index (κ1) is 11.1. The number of benzene rings is 1. The van der Waals surface area contributed by atoms with Crippen LogP contribution in [0.15, 0.2) is 28.9 Å². The van der Waals surface area contributed by atoms with Gasteiger partial charge < -0.3 is 4.74 Å². The highest BCUT2D eigenvalue weighted by atomic mass is 79.9. The Balaban J connectivity index is 2.17. The highest BCUT2D eigenvalue weighted by Gasteiger charge is 2.05. The van der Waals surface area contributed by atoms with Crippen LogP contribution in [0.5, 0.6) is 5.75 Å². The van der Waals surface area contributed by atoms with Crippen molar-refractivity contribution in [3.63, 3.8) is 0 Å². The first-order valence-electron chi connectivity index (χ1n) is 4.89. The molecule has 1 aromatic heterocycles. The van der Waals surface area contributed by atoms with Gasteiger partial charge in [0.25, 0.3) is 0 Å². The maximum absolute atomic E-state index is 5.10. The van der Waals surface area contributed by atoms with Crippen LogP contribution in [0.3, 0.4) is 0 Å². The second-order valence-corrected chi connectivity index (χ2v) is 4.22. The van der Waals surface area contributed by atoms with Gasteiger partial charge in [-0.1, -0.05) is 17.3 Å². The summed E-state index contributed by atoms with van der Waals surface area (Å²) >= 11 is 3.45. The second-order valence-electron chi connectivity index (χ2n) is 3.47. The van der Waals surface area contributed by atoms with E-state index in [4.69, 9.17) is 4.74 Å². The van der Waals surface area contributed by atoms with Crippen molar-refractivity contribution in [2.75, 3.05) is 7.11 Å². The maximum atomic E-state index is 5.10. The molecular formula is C11H12BrN3O. The molecule has 1 aromatic carbocycles. The average Bonchev–Trinajstić information content (AvgIpc) is 2.62. The molecule has 84 valence electrons. The minimum absolute atomic E-state index is 0.700. The zero-order valence-corrected chi connectivity index (χ0v) is 10.7. The van der Waals surface area contributed by atoms with E-state index in [1.807, 2.05) is 35.9 Å². The molecule has 0 radical (unpaired) electrons. The van der Waals surface area contributed by atoms with E-state index in [9.17, 15) is 0 Å². The standard InChI is InChI=1S/C11H12BrN3O/c1-8-11(12)15(14-13-8)7-9-3-5-10(16-2)6-4-9/h3-6H,7H2,1-2H3. The van der Waals surface area contributed by atoms with Gasteiger partial charge in [-0.15, -0.1) is 5.10 Å². The molecule has 0 bridgehead atoms. The number of rotatable bonds is 3. The Bertz CT molecular complexity index is 478. The molecule has 0 aliphatic rings. The Hall–Kier alpha value is -1.36. The molecule has 2 rings (SSSR count). The molecule has 0 spiro atoms. The molecule has 4 nitrogen and oxygen atoms in total. The average molecular weight is 282 g/mol. The van der Waals surface area contributed by atoms with E-state index in [1.165, 1.54) is 0 Å². The van der Waals surface area contributed by atoms with Gasteiger partial charge in [0.05, 0.1) is 19.3 Å². The third kappa shape index (κ3) is 2.24. The topological polar surface area (TPSA) is 39.9 Å². The van der Waals surface area contributed by atoms with Crippen molar-refractivity contribution in [1.29, 1.82) is 0 Å². The molecule has 5 heteroatoms. The number of ether oxygens (including phenoxy) is 1. The molecule has 0 N–H and O–H groups in total. The van der Waals surface area contributed by atoms with Crippen LogP contribution >= 0.6 is 15.9 Å². The van der Waals surface area contributed by atoms with Crippen LogP contribution in [0.4, 0.5) is 0 Å². The van der Waals surface area contributed by atoms with Crippen LogP contribution in [0.25, 0.3) is 0 Å². The van der Waals surface area contributed by atoms with Crippen molar-refractivity contribution in [2.45, 2.75) is 13.5 Å². The summed E-state index contributed by atoms with van der Waals surface area (Å²) in [5, 5.41) is 8.03. The summed E-state index contributed by atoms with van der Waals surface area (Å²) in [6.45, 7) is 2.62. The Labute approximate surface area is 102 Å². The van der Waals surface area contributed by atoms with Gasteiger partial charge in [-0.3, -0.25) is 0 Å². The number of methoxy groups -OCH3 is 1. The van der Waals surface area contributed by atoms with E-state index in [1.54, 1.807) is 7.11 Å². The molecule has 0 unspecified atom stereocenters. The van der Waals surface area contributed by atoms with Gasteiger partial charge in [0.2, 0.25) is 0 Å². The summed E-state index contributed by atoms with van der Waals surface area (Å²) in [5.41, 5.74) is 2.06. The number of hydrogen-bond donors (Lipinski definition) is 0. The molecule has 0 aliphatic heterocycles. The van der Waals surface area contributed by atoms with Crippen molar-refractivity contribution >= 4 is 15.9 Å². The van der Waals surface area contributed by atoms with Crippen LogP contribution in [-0.4, -0.2) is 22.1 Å². The second kappa shape index (κ2) is 4.65. The van der Waals surface area contributed by atoms with Crippen molar-refractivity contribution < 1.29 is 4.74 Å². The monoisotopic (exact) mass is 281 g/mol. The molecule has 0 atom stereocenters. The van der Waals surface area contributed by atoms with E-state index in [0.29, 0.717) is 6.54 Å². The Morgan fingerprint density at radius 1 is 1.31 bits per heavy atom. The smallest absolute Gasteiger partial charge is 0.127 e. The van der Waals surface area contributed by atoms with Gasteiger partial charge in [0, 0.05) is 0 Å². The minimum Gasteiger partial charge on any atom is -0.497 e. The lowest BCUT2D eigenvalue weighted by molar-refractivity contribution is 0.414. The summed E-state index contributed by atoms with van der Waals surface area (Å²) in [7, 11) is 1.66. The fourth-order valence-corrected chi connectivity index (χ4v) is 1.67. The fraction of sp³-hybridized carbons (Fsp3) is 0.273. The molecule has 0 saturated carbocycles. The molecule has 0 aliphatic carbocycles. The van der Waals surface area contributed by atoms with Gasteiger partial charge in [0.15, 0.2) is 0 Å². The number of aromatic nitrogens is 3. The van der Waals surface area contributed by atoms with Gasteiger partial charge in [-0.05, 0) is 40.5 Å². The van der Waals surface area contributed by atoms with Crippen molar-refractivity contribution in [3.05, 3.63) is 40.1 Å². The number of aryl methyl sites for hydroxylation is 1. The number of halogens is 1. The summed E-state index contributed by atoms with van der Waals surface area (Å²) in [5.74, 6) is 0.859. The summed E-state index contributed by atoms with van der Waals surface area (Å²) in [6, 6.07) is 7.91. The predicted octanol–water partition coefficient (Wildman–Crippen LogP) is 2.41. The van der Waals surface area contributed by atoms with Crippen LogP contribution in [0, 0.1) is 6.92 Å². The maximum Gasteiger partial charge on any atom is 0.127 e. The lowest BCUT2D eigenvalue weighted by atomic mass is 10.2. The van der Waals surface area contributed by atoms with Crippen LogP contribution in [-0.2, 0) is 6.54 Å². The van der Waals surface area contributed by atoms with Crippen molar-refractivity contribution in [1.82, 2.24) is 15.0 Å². The molecule has 1 heterocycles. The normalized spacial score (nSPS) is 10.4. The van der Waals surface area contributed by atoms with Crippen molar-refractivity contribution in [3.8, 4) is 5.75 Å². The van der Waals surface area contributed by atoms with E-state index >= 15 is 0 Å². The number of nitrogens with zero attached hydrogens (tertiary/aromatic N) is 3. The molecular weight excluding hydrogens is 270 g/mol. The third-order valence-electron chi connectivity index (χ3n) is 2.32. The fourth-order valence-electron chi connectivity index (χ4n) is 1.39. The molecule has 0 amide bonds. The summed E-state index contributed by atoms with van der Waals surface area (Å²) in [6.07, 6.45) is 0. The van der Waals surface area contributed by atoms with E-state index < -0.39 is 0 Å². The van der Waals surface area contributed by atoms with E-state index in [0.717, 1.165) is 21.6 Å². The quantitative estimate of drug-likeness (QED) is 0.868. The predicted molar refractivity (Wildman–Crippen MR) is 64.6 cm³/mol. The minimum atomic E-state index is 0.700. The van der Waals surface area contributed by atoms with E-state index in [2.05, 4.69) is 26.2 Å². The van der Waals surface area contributed by atoms with Crippen molar-refractivity contribution in [2.24, 2.45) is 0 Å². The highest BCUT2D eigenvalue weighted by Crippen LogP contribution is 2.16. The zero-order chi connectivity index (χ0) is 11.5. The Morgan fingerprint density at radius 3 is 2.50 bits per heavy atom. The first-order chi connectivity index (χ1) is 7.70. The zero-order valence-electron chi connectivity index (χ0n) is 9.14. The van der Waals surface area contributed by atoms with Gasteiger partial charge in [0.1, 0.15) is 10.4 Å². The van der Waals surface area contributed by atoms with Crippen LogP contribution in [0.1, 0.15) is 11.3 Å². The highest BCUT2D eigenvalue weighted by molar-refractivity contribution is 9.10. The largest absolute Gasteiger partial charge is 0.497 e. The van der Waals surface area contributed by atoms with Gasteiger partial charge >= 0.3 is 0 Å². The summed E-state index contributed by atoms with van der Waals surface area (Å²) in [4.78, 5) is 0. The molecule has 0 saturated heterocycles. The Kier molecular flexibility index (Phi) is 3.24. The van der Waals surface area contributed by atoms with Gasteiger partial charge in [-0.2, -0.15) is 0 Å². The third-order valence-corrected chi connectivity index (χ3v) is 3.30. The SMILES string of the molecule is COc1ccc(Cn2nnc(C)c2Br)cc1. The molecule has 0 fully saturated rings. The summed E-state index contributed by atoms with van der Waals surface area (Å²) < 4.78 is 7.84. The number of hydrogen-bond acceptors (Lipinski definition) is 3. The first-order valence-corrected chi connectivity index (χ1v) is 5.68. The van der Waals surface area contributed by atoms with E-state index in [-0.39, 0.29) is 0 Å². The lowest BCUT2D eigenvalue weighted by Crippen LogP contribution is -2.02. The van der Waals surface area contributed by atoms with Crippen LogP contribution in [0.2, 0.25) is 0 Å². The van der Waals surface area contributed by atoms with Gasteiger partial charge in [-0.25, -0.2) is 4.68 Å². The molecule has 2 aromatic rings. The van der Waals surface area contributed by atoms with Crippen LogP contribution < -0.4 is 4.74 Å². The lowest BCUT2D eigenvalue weighted by Gasteiger charge is -2.04.